The van der Waals surface area contributed by atoms with Crippen LogP contribution in [0.25, 0.3) is 10.8 Å². The lowest BCUT2D eigenvalue weighted by Crippen LogP contribution is -2.25. The summed E-state index contributed by atoms with van der Waals surface area (Å²) in [4.78, 5) is 26.7. The Morgan fingerprint density at radius 2 is 2.00 bits per heavy atom. The number of anilines is 1. The van der Waals surface area contributed by atoms with E-state index in [0.717, 1.165) is 0 Å². The monoisotopic (exact) mass is 344 g/mol. The van der Waals surface area contributed by atoms with Gasteiger partial charge < -0.3 is 9.64 Å². The maximum atomic E-state index is 13.8. The molecule has 2 heterocycles. The first-order chi connectivity index (χ1) is 11.6. The van der Waals surface area contributed by atoms with Crippen LogP contribution in [0.4, 0.5) is 10.1 Å². The minimum atomic E-state index is -0.530. The van der Waals surface area contributed by atoms with Crippen molar-refractivity contribution in [3.05, 3.63) is 53.6 Å². The molecule has 0 fully saturated rings. The van der Waals surface area contributed by atoms with Crippen LogP contribution >= 0.6 is 11.3 Å². The summed E-state index contributed by atoms with van der Waals surface area (Å²) in [6, 6.07) is 6.04. The van der Waals surface area contributed by atoms with E-state index in [4.69, 9.17) is 4.74 Å². The van der Waals surface area contributed by atoms with Crippen LogP contribution in [0.3, 0.4) is 0 Å². The molecule has 122 valence electrons. The number of carbonyl (C=O) groups excluding carboxylic acids is 1. The molecule has 3 rings (SSSR count). The van der Waals surface area contributed by atoms with Crippen molar-refractivity contribution in [1.82, 2.24) is 15.0 Å². The minimum Gasteiger partial charge on any atom is -0.494 e. The summed E-state index contributed by atoms with van der Waals surface area (Å²) in [6.07, 6.45) is 4.68. The van der Waals surface area contributed by atoms with Gasteiger partial charge in [0.25, 0.3) is 5.91 Å². The van der Waals surface area contributed by atoms with Crippen molar-refractivity contribution in [2.75, 3.05) is 19.1 Å². The maximum Gasteiger partial charge on any atom is 0.269 e. The van der Waals surface area contributed by atoms with Crippen molar-refractivity contribution in [2.24, 2.45) is 0 Å². The first-order valence-corrected chi connectivity index (χ1v) is 7.76. The summed E-state index contributed by atoms with van der Waals surface area (Å²) in [5.74, 6) is -0.239. The lowest BCUT2D eigenvalue weighted by molar-refractivity contribution is 0.0996. The Morgan fingerprint density at radius 3 is 2.67 bits per heavy atom. The molecule has 1 amide bonds. The number of carbonyl (C=O) groups is 1. The van der Waals surface area contributed by atoms with Crippen molar-refractivity contribution < 1.29 is 13.9 Å². The van der Waals surface area contributed by atoms with Crippen LogP contribution in [0.15, 0.2) is 42.9 Å². The summed E-state index contributed by atoms with van der Waals surface area (Å²) in [6.45, 7) is 0. The highest BCUT2D eigenvalue weighted by molar-refractivity contribution is 7.16. The number of methoxy groups -OCH3 is 1. The summed E-state index contributed by atoms with van der Waals surface area (Å²) in [5.41, 5.74) is 0.421. The second-order valence-corrected chi connectivity index (χ2v) is 5.82. The summed E-state index contributed by atoms with van der Waals surface area (Å²) in [5, 5.41) is 0.549. The van der Waals surface area contributed by atoms with Crippen LogP contribution in [0, 0.1) is 5.82 Å². The average molecular weight is 344 g/mol. The quantitative estimate of drug-likeness (QED) is 0.728. The molecule has 0 atom stereocenters. The third-order valence-corrected chi connectivity index (χ3v) is 4.28. The molecule has 0 saturated heterocycles. The number of hydrogen-bond acceptors (Lipinski definition) is 6. The van der Waals surface area contributed by atoms with Gasteiger partial charge in [0, 0.05) is 31.2 Å². The van der Waals surface area contributed by atoms with Crippen molar-refractivity contribution in [3.8, 4) is 16.6 Å². The first kappa shape index (κ1) is 16.0. The van der Waals surface area contributed by atoms with Crippen molar-refractivity contribution in [3.63, 3.8) is 0 Å². The van der Waals surface area contributed by atoms with Crippen LogP contribution < -0.4 is 9.64 Å². The third kappa shape index (κ3) is 3.09. The summed E-state index contributed by atoms with van der Waals surface area (Å²) < 4.78 is 18.7. The molecular formula is C16H13FN4O2S. The SMILES string of the molecule is COc1ccc(N(C)C(=O)c2cnc(-c3ncccn3)s2)cc1F. The molecular weight excluding hydrogens is 331 g/mol. The number of nitrogens with zero attached hydrogens (tertiary/aromatic N) is 4. The van der Waals surface area contributed by atoms with Crippen LogP contribution in [-0.2, 0) is 0 Å². The molecule has 0 radical (unpaired) electrons. The molecule has 2 aromatic heterocycles. The number of amides is 1. The van der Waals surface area contributed by atoms with E-state index in [1.807, 2.05) is 0 Å². The van der Waals surface area contributed by atoms with Gasteiger partial charge in [-0.1, -0.05) is 0 Å². The number of ether oxygens (including phenoxy) is 1. The van der Waals surface area contributed by atoms with Gasteiger partial charge in [-0.3, -0.25) is 4.79 Å². The van der Waals surface area contributed by atoms with Gasteiger partial charge in [-0.2, -0.15) is 0 Å². The third-order valence-electron chi connectivity index (χ3n) is 3.30. The molecule has 0 spiro atoms. The van der Waals surface area contributed by atoms with E-state index in [1.165, 1.54) is 41.7 Å². The Balaban J connectivity index is 1.84. The maximum absolute atomic E-state index is 13.8. The van der Waals surface area contributed by atoms with Gasteiger partial charge in [-0.25, -0.2) is 19.3 Å². The van der Waals surface area contributed by atoms with Gasteiger partial charge in [0.05, 0.1) is 13.3 Å². The molecule has 0 aliphatic rings. The molecule has 24 heavy (non-hydrogen) atoms. The Hall–Kier alpha value is -2.87. The lowest BCUT2D eigenvalue weighted by Gasteiger charge is -2.16. The fourth-order valence-electron chi connectivity index (χ4n) is 2.03. The Morgan fingerprint density at radius 1 is 1.25 bits per heavy atom. The minimum absolute atomic E-state index is 0.126. The van der Waals surface area contributed by atoms with Crippen molar-refractivity contribution >= 4 is 22.9 Å². The molecule has 0 unspecified atom stereocenters. The van der Waals surface area contributed by atoms with Crippen LogP contribution in [-0.4, -0.2) is 35.0 Å². The molecule has 1 aromatic carbocycles. The van der Waals surface area contributed by atoms with Gasteiger partial charge in [-0.05, 0) is 18.2 Å². The molecule has 0 bridgehead atoms. The zero-order valence-electron chi connectivity index (χ0n) is 12.9. The van der Waals surface area contributed by atoms with Gasteiger partial charge >= 0.3 is 0 Å². The number of benzene rings is 1. The highest BCUT2D eigenvalue weighted by Gasteiger charge is 2.19. The van der Waals surface area contributed by atoms with Crippen molar-refractivity contribution in [2.45, 2.75) is 0 Å². The van der Waals surface area contributed by atoms with E-state index >= 15 is 0 Å². The van der Waals surface area contributed by atoms with E-state index in [2.05, 4.69) is 15.0 Å². The average Bonchev–Trinajstić information content (AvgIpc) is 3.11. The number of thiazole rings is 1. The van der Waals surface area contributed by atoms with Gasteiger partial charge in [0.1, 0.15) is 4.88 Å². The fraction of sp³-hybridized carbons (Fsp3) is 0.125. The molecule has 0 aliphatic carbocycles. The van der Waals surface area contributed by atoms with E-state index in [0.29, 0.717) is 21.4 Å². The second kappa shape index (κ2) is 6.71. The first-order valence-electron chi connectivity index (χ1n) is 6.95. The zero-order chi connectivity index (χ0) is 17.1. The standard InChI is InChI=1S/C16H13FN4O2S/c1-21(10-4-5-12(23-2)11(17)8-10)16(22)13-9-20-15(24-13)14-18-6-3-7-19-14/h3-9H,1-2H3. The van der Waals surface area contributed by atoms with Crippen LogP contribution in [0.2, 0.25) is 0 Å². The zero-order valence-corrected chi connectivity index (χ0v) is 13.7. The molecule has 0 saturated carbocycles. The number of aromatic nitrogens is 3. The van der Waals surface area contributed by atoms with E-state index in [1.54, 1.807) is 31.6 Å². The van der Waals surface area contributed by atoms with E-state index in [9.17, 15) is 9.18 Å². The highest BCUT2D eigenvalue weighted by Crippen LogP contribution is 2.26. The van der Waals surface area contributed by atoms with Crippen LogP contribution in [0.1, 0.15) is 9.67 Å². The Kier molecular flexibility index (Phi) is 4.48. The van der Waals surface area contributed by atoms with Crippen molar-refractivity contribution in [1.29, 1.82) is 0 Å². The summed E-state index contributed by atoms with van der Waals surface area (Å²) >= 11 is 1.18. The smallest absolute Gasteiger partial charge is 0.269 e. The Bertz CT molecular complexity index is 870. The molecule has 0 N–H and O–H groups in total. The molecule has 0 aliphatic heterocycles. The second-order valence-electron chi connectivity index (χ2n) is 4.79. The number of halogens is 1. The van der Waals surface area contributed by atoms with Gasteiger partial charge in [0.15, 0.2) is 22.4 Å². The molecule has 3 aromatic rings. The van der Waals surface area contributed by atoms with E-state index < -0.39 is 5.82 Å². The topological polar surface area (TPSA) is 68.2 Å². The van der Waals surface area contributed by atoms with E-state index in [-0.39, 0.29) is 11.7 Å². The van der Waals surface area contributed by atoms with Gasteiger partial charge in [-0.15, -0.1) is 11.3 Å². The fourth-order valence-corrected chi connectivity index (χ4v) is 2.87. The predicted molar refractivity (Wildman–Crippen MR) is 88.8 cm³/mol. The molecule has 6 nitrogen and oxygen atoms in total. The summed E-state index contributed by atoms with van der Waals surface area (Å²) in [7, 11) is 2.96. The number of rotatable bonds is 4. The predicted octanol–water partition coefficient (Wildman–Crippen LogP) is 3.02. The number of hydrogen-bond donors (Lipinski definition) is 0. The lowest BCUT2D eigenvalue weighted by atomic mass is 10.2. The van der Waals surface area contributed by atoms with Gasteiger partial charge in [0.2, 0.25) is 0 Å². The van der Waals surface area contributed by atoms with Crippen LogP contribution in [0.5, 0.6) is 5.75 Å². The normalized spacial score (nSPS) is 10.5. The largest absolute Gasteiger partial charge is 0.494 e. The Labute approximate surface area is 141 Å². The molecule has 8 heteroatoms. The highest BCUT2D eigenvalue weighted by atomic mass is 32.1.